The van der Waals surface area contributed by atoms with Crippen LogP contribution in [0.2, 0.25) is 0 Å². The average Bonchev–Trinajstić information content (AvgIpc) is 3.21. The molecule has 4 heterocycles. The fraction of sp³-hybridized carbons (Fsp3) is 0.556. The quantitative estimate of drug-likeness (QED) is 0.774. The van der Waals surface area contributed by atoms with Crippen LogP contribution in [0.15, 0.2) is 30.6 Å². The van der Waals surface area contributed by atoms with Gasteiger partial charge in [-0.25, -0.2) is 4.98 Å². The third kappa shape index (κ3) is 3.03. The van der Waals surface area contributed by atoms with Crippen LogP contribution in [0, 0.1) is 5.41 Å². The van der Waals surface area contributed by atoms with Gasteiger partial charge in [0.1, 0.15) is 5.65 Å². The van der Waals surface area contributed by atoms with E-state index in [2.05, 4.69) is 25.3 Å². The number of hydrogen-bond donors (Lipinski definition) is 3. The van der Waals surface area contributed by atoms with Crippen molar-refractivity contribution < 1.29 is 4.79 Å². The highest BCUT2D eigenvalue weighted by Gasteiger charge is 2.41. The van der Waals surface area contributed by atoms with Crippen LogP contribution >= 0.6 is 0 Å². The minimum absolute atomic E-state index is 0.0368. The van der Waals surface area contributed by atoms with Gasteiger partial charge >= 0.3 is 0 Å². The molecule has 3 N–H and O–H groups in total. The minimum Gasteiger partial charge on any atom is -0.354 e. The van der Waals surface area contributed by atoms with E-state index in [9.17, 15) is 4.79 Å². The molecule has 0 aromatic carbocycles. The van der Waals surface area contributed by atoms with Crippen molar-refractivity contribution in [2.24, 2.45) is 5.41 Å². The van der Waals surface area contributed by atoms with Crippen molar-refractivity contribution in [1.29, 1.82) is 0 Å². The Hall–Kier alpha value is -1.92. The number of imidazole rings is 1. The van der Waals surface area contributed by atoms with E-state index in [1.165, 1.54) is 12.8 Å². The zero-order chi connectivity index (χ0) is 16.4. The van der Waals surface area contributed by atoms with E-state index in [-0.39, 0.29) is 11.9 Å². The number of amides is 1. The molecule has 6 nitrogen and oxygen atoms in total. The first-order valence-electron chi connectivity index (χ1n) is 8.89. The number of nitrogens with zero attached hydrogens (tertiary/aromatic N) is 2. The number of hydrogen-bond acceptors (Lipinski definition) is 4. The molecule has 128 valence electrons. The van der Waals surface area contributed by atoms with Crippen molar-refractivity contribution in [3.63, 3.8) is 0 Å². The van der Waals surface area contributed by atoms with E-state index in [1.807, 2.05) is 30.6 Å². The maximum Gasteiger partial charge on any atom is 0.237 e. The van der Waals surface area contributed by atoms with Crippen molar-refractivity contribution in [3.8, 4) is 0 Å². The van der Waals surface area contributed by atoms with E-state index in [0.29, 0.717) is 12.0 Å². The summed E-state index contributed by atoms with van der Waals surface area (Å²) in [5.41, 5.74) is 2.40. The van der Waals surface area contributed by atoms with Gasteiger partial charge in [0, 0.05) is 37.6 Å². The Bertz CT molecular complexity index is 719. The first kappa shape index (κ1) is 15.6. The lowest BCUT2D eigenvalue weighted by atomic mass is 9.77. The summed E-state index contributed by atoms with van der Waals surface area (Å²) in [6, 6.07) is 5.93. The number of carbonyl (C=O) groups excluding carboxylic acids is 1. The smallest absolute Gasteiger partial charge is 0.237 e. The summed E-state index contributed by atoms with van der Waals surface area (Å²) in [6.45, 7) is 3.77. The largest absolute Gasteiger partial charge is 0.354 e. The Labute approximate surface area is 142 Å². The average molecular weight is 327 g/mol. The maximum absolute atomic E-state index is 12.5. The SMILES string of the molecule is O=C(NCCc1cnc2ccccn12)[C@@H]1CC2(CCNCC2)CN1. The van der Waals surface area contributed by atoms with E-state index in [4.69, 9.17) is 0 Å². The Morgan fingerprint density at radius 1 is 1.38 bits per heavy atom. The van der Waals surface area contributed by atoms with Gasteiger partial charge in [0.2, 0.25) is 5.91 Å². The van der Waals surface area contributed by atoms with Gasteiger partial charge in [0.15, 0.2) is 0 Å². The van der Waals surface area contributed by atoms with Crippen molar-refractivity contribution in [3.05, 3.63) is 36.3 Å². The summed E-state index contributed by atoms with van der Waals surface area (Å²) in [4.78, 5) is 16.8. The Balaban J connectivity index is 1.29. The molecule has 24 heavy (non-hydrogen) atoms. The molecule has 2 fully saturated rings. The van der Waals surface area contributed by atoms with Gasteiger partial charge in [-0.05, 0) is 49.9 Å². The first-order chi connectivity index (χ1) is 11.8. The highest BCUT2D eigenvalue weighted by Crippen LogP contribution is 2.37. The molecular formula is C18H25N5O. The van der Waals surface area contributed by atoms with Crippen LogP contribution < -0.4 is 16.0 Å². The third-order valence-corrected chi connectivity index (χ3v) is 5.52. The standard InChI is InChI=1S/C18H25N5O/c24-17(15-11-18(13-22-15)5-8-19-9-6-18)20-7-4-14-12-21-16-3-1-2-10-23(14)16/h1-3,10,12,15,19,22H,4-9,11,13H2,(H,20,24)/t15-/m0/s1. The molecule has 2 aromatic heterocycles. The van der Waals surface area contributed by atoms with Crippen LogP contribution in [0.4, 0.5) is 0 Å². The van der Waals surface area contributed by atoms with Gasteiger partial charge in [0.25, 0.3) is 0 Å². The normalized spacial score (nSPS) is 22.9. The van der Waals surface area contributed by atoms with Crippen molar-refractivity contribution in [1.82, 2.24) is 25.3 Å². The van der Waals surface area contributed by atoms with Gasteiger partial charge < -0.3 is 20.4 Å². The van der Waals surface area contributed by atoms with Crippen molar-refractivity contribution in [2.75, 3.05) is 26.2 Å². The second-order valence-electron chi connectivity index (χ2n) is 7.11. The second kappa shape index (κ2) is 6.53. The number of piperidine rings is 1. The lowest BCUT2D eigenvalue weighted by molar-refractivity contribution is -0.122. The van der Waals surface area contributed by atoms with Crippen LogP contribution in [0.3, 0.4) is 0 Å². The van der Waals surface area contributed by atoms with Gasteiger partial charge in [0.05, 0.1) is 6.04 Å². The van der Waals surface area contributed by atoms with Gasteiger partial charge in [-0.15, -0.1) is 0 Å². The molecule has 2 aliphatic heterocycles. The summed E-state index contributed by atoms with van der Waals surface area (Å²) in [6.07, 6.45) is 8.00. The molecule has 0 unspecified atom stereocenters. The molecule has 0 bridgehead atoms. The number of nitrogens with one attached hydrogen (secondary N) is 3. The molecule has 2 aromatic rings. The fourth-order valence-electron chi connectivity index (χ4n) is 4.05. The number of rotatable bonds is 4. The molecule has 2 saturated heterocycles. The van der Waals surface area contributed by atoms with E-state index in [1.54, 1.807) is 0 Å². The topological polar surface area (TPSA) is 70.5 Å². The number of aromatic nitrogens is 2. The van der Waals surface area contributed by atoms with Crippen LogP contribution in [-0.2, 0) is 11.2 Å². The Morgan fingerprint density at radius 3 is 3.12 bits per heavy atom. The van der Waals surface area contributed by atoms with Crippen LogP contribution in [-0.4, -0.2) is 47.5 Å². The predicted octanol–water partition coefficient (Wildman–Crippen LogP) is 0.725. The summed E-state index contributed by atoms with van der Waals surface area (Å²) >= 11 is 0. The van der Waals surface area contributed by atoms with Crippen LogP contribution in [0.1, 0.15) is 25.0 Å². The molecule has 2 aliphatic rings. The number of carbonyl (C=O) groups is 1. The maximum atomic E-state index is 12.5. The lowest BCUT2D eigenvalue weighted by Gasteiger charge is -2.33. The zero-order valence-corrected chi connectivity index (χ0v) is 13.9. The molecule has 4 rings (SSSR count). The highest BCUT2D eigenvalue weighted by molar-refractivity contribution is 5.82. The molecule has 0 aliphatic carbocycles. The van der Waals surface area contributed by atoms with Gasteiger partial charge in [-0.1, -0.05) is 6.07 Å². The van der Waals surface area contributed by atoms with Crippen LogP contribution in [0.5, 0.6) is 0 Å². The molecule has 1 amide bonds. The van der Waals surface area contributed by atoms with Crippen molar-refractivity contribution >= 4 is 11.6 Å². The molecule has 1 spiro atoms. The lowest BCUT2D eigenvalue weighted by Crippen LogP contribution is -2.41. The number of fused-ring (bicyclic) bond motifs is 1. The zero-order valence-electron chi connectivity index (χ0n) is 13.9. The molecule has 0 radical (unpaired) electrons. The van der Waals surface area contributed by atoms with Gasteiger partial charge in [-0.2, -0.15) is 0 Å². The van der Waals surface area contributed by atoms with E-state index in [0.717, 1.165) is 43.8 Å². The van der Waals surface area contributed by atoms with Gasteiger partial charge in [-0.3, -0.25) is 4.79 Å². The monoisotopic (exact) mass is 327 g/mol. The summed E-state index contributed by atoms with van der Waals surface area (Å²) in [5, 5.41) is 9.93. The van der Waals surface area contributed by atoms with Crippen LogP contribution in [0.25, 0.3) is 5.65 Å². The molecule has 0 saturated carbocycles. The number of pyridine rings is 1. The van der Waals surface area contributed by atoms with Crippen molar-refractivity contribution in [2.45, 2.75) is 31.7 Å². The molecule has 6 heteroatoms. The second-order valence-corrected chi connectivity index (χ2v) is 7.11. The Kier molecular flexibility index (Phi) is 4.24. The summed E-state index contributed by atoms with van der Waals surface area (Å²) in [7, 11) is 0. The van der Waals surface area contributed by atoms with E-state index < -0.39 is 0 Å². The highest BCUT2D eigenvalue weighted by atomic mass is 16.2. The minimum atomic E-state index is -0.0368. The summed E-state index contributed by atoms with van der Waals surface area (Å²) in [5.74, 6) is 0.138. The third-order valence-electron chi connectivity index (χ3n) is 5.52. The molecule has 1 atom stereocenters. The van der Waals surface area contributed by atoms with E-state index >= 15 is 0 Å². The first-order valence-corrected chi connectivity index (χ1v) is 8.89. The Morgan fingerprint density at radius 2 is 2.25 bits per heavy atom. The molecular weight excluding hydrogens is 302 g/mol. The predicted molar refractivity (Wildman–Crippen MR) is 92.9 cm³/mol. The fourth-order valence-corrected chi connectivity index (χ4v) is 4.05. The summed E-state index contributed by atoms with van der Waals surface area (Å²) < 4.78 is 2.07.